The Morgan fingerprint density at radius 3 is 2.41 bits per heavy atom. The Balaban J connectivity index is 2.28. The molecule has 0 fully saturated rings. The van der Waals surface area contributed by atoms with Crippen LogP contribution in [0.1, 0.15) is 18.1 Å². The van der Waals surface area contributed by atoms with Gasteiger partial charge < -0.3 is 4.98 Å². The zero-order chi connectivity index (χ0) is 16.3. The minimum Gasteiger partial charge on any atom is -0.313 e. The second-order valence-corrected chi connectivity index (χ2v) is 6.25. The van der Waals surface area contributed by atoms with E-state index in [1.807, 2.05) is 11.9 Å². The molecule has 1 aromatic carbocycles. The molecule has 0 radical (unpaired) electrons. The van der Waals surface area contributed by atoms with Crippen molar-refractivity contribution >= 4 is 15.7 Å². The number of H-pyrrole nitrogens is 2. The zero-order valence-corrected chi connectivity index (χ0v) is 12.7. The first kappa shape index (κ1) is 15.7. The molecule has 3 N–H and O–H groups in total. The van der Waals surface area contributed by atoms with Crippen LogP contribution in [-0.4, -0.2) is 24.1 Å². The third-order valence-corrected chi connectivity index (χ3v) is 4.10. The molecule has 1 aromatic heterocycles. The highest BCUT2D eigenvalue weighted by atomic mass is 32.2. The van der Waals surface area contributed by atoms with Crippen LogP contribution < -0.4 is 16.1 Å². The molecule has 0 aliphatic rings. The smallest absolute Gasteiger partial charge is 0.313 e. The summed E-state index contributed by atoms with van der Waals surface area (Å²) in [6.07, 6.45) is 1.17. The fourth-order valence-electron chi connectivity index (χ4n) is 1.64. The van der Waals surface area contributed by atoms with Crippen molar-refractivity contribution in [3.05, 3.63) is 62.4 Å². The number of nitrogens with one attached hydrogen (secondary N) is 3. The number of aryl methyl sites for hydroxylation is 1. The molecule has 0 atom stereocenters. The van der Waals surface area contributed by atoms with E-state index in [1.165, 1.54) is 25.3 Å². The normalized spacial score (nSPS) is 12.2. The van der Waals surface area contributed by atoms with E-state index in [0.717, 1.165) is 5.56 Å². The van der Waals surface area contributed by atoms with Gasteiger partial charge >= 0.3 is 5.69 Å². The molecule has 8 nitrogen and oxygen atoms in total. The van der Waals surface area contributed by atoms with Gasteiger partial charge in [-0.05, 0) is 26.0 Å². The van der Waals surface area contributed by atoms with Gasteiger partial charge in [0.25, 0.3) is 15.6 Å². The number of aromatic amines is 2. The number of nitrogens with zero attached hydrogens (tertiary/aromatic N) is 1. The molecular formula is C13H14N4O4S. The Morgan fingerprint density at radius 2 is 1.82 bits per heavy atom. The third-order valence-electron chi connectivity index (χ3n) is 2.87. The van der Waals surface area contributed by atoms with E-state index in [9.17, 15) is 18.0 Å². The molecule has 9 heteroatoms. The molecule has 22 heavy (non-hydrogen) atoms. The summed E-state index contributed by atoms with van der Waals surface area (Å²) >= 11 is 0. The van der Waals surface area contributed by atoms with Gasteiger partial charge in [0, 0.05) is 6.20 Å². The molecule has 0 spiro atoms. The van der Waals surface area contributed by atoms with E-state index in [1.54, 1.807) is 12.1 Å². The van der Waals surface area contributed by atoms with E-state index in [0.29, 0.717) is 0 Å². The molecule has 0 aliphatic carbocycles. The highest BCUT2D eigenvalue weighted by molar-refractivity contribution is 7.89. The summed E-state index contributed by atoms with van der Waals surface area (Å²) < 4.78 is 24.1. The fourth-order valence-corrected chi connectivity index (χ4v) is 2.49. The predicted molar refractivity (Wildman–Crippen MR) is 81.4 cm³/mol. The number of sulfonamides is 1. The van der Waals surface area contributed by atoms with Gasteiger partial charge in [-0.25, -0.2) is 4.79 Å². The summed E-state index contributed by atoms with van der Waals surface area (Å²) in [4.78, 5) is 28.9. The number of hydrogen-bond donors (Lipinski definition) is 3. The molecule has 0 saturated heterocycles. The van der Waals surface area contributed by atoms with Crippen molar-refractivity contribution in [3.8, 4) is 0 Å². The SMILES string of the molecule is C/C(=N\NS(=O)(=O)c1ccc(C)cc1)c1c[nH]c(=O)[nH]c1=O. The van der Waals surface area contributed by atoms with Crippen LogP contribution in [0.25, 0.3) is 0 Å². The van der Waals surface area contributed by atoms with Crippen LogP contribution in [0.4, 0.5) is 0 Å². The van der Waals surface area contributed by atoms with Crippen LogP contribution in [0.15, 0.2) is 50.0 Å². The first-order chi connectivity index (χ1) is 10.3. The second kappa shape index (κ2) is 5.98. The second-order valence-electron chi connectivity index (χ2n) is 4.59. The molecule has 1 heterocycles. The summed E-state index contributed by atoms with van der Waals surface area (Å²) in [6, 6.07) is 6.24. The molecule has 2 rings (SSSR count). The van der Waals surface area contributed by atoms with Crippen LogP contribution in [0.3, 0.4) is 0 Å². The molecular weight excluding hydrogens is 308 g/mol. The van der Waals surface area contributed by atoms with Crippen molar-refractivity contribution in [1.29, 1.82) is 0 Å². The summed E-state index contributed by atoms with van der Waals surface area (Å²) in [6.45, 7) is 3.29. The first-order valence-electron chi connectivity index (χ1n) is 6.25. The Kier molecular flexibility index (Phi) is 4.27. The molecule has 0 bridgehead atoms. The maximum absolute atomic E-state index is 12.1. The van der Waals surface area contributed by atoms with Crippen LogP contribution in [0.5, 0.6) is 0 Å². The summed E-state index contributed by atoms with van der Waals surface area (Å²) in [5, 5.41) is 3.69. The largest absolute Gasteiger partial charge is 0.325 e. The van der Waals surface area contributed by atoms with E-state index in [-0.39, 0.29) is 16.2 Å². The van der Waals surface area contributed by atoms with Crippen molar-refractivity contribution in [2.45, 2.75) is 18.7 Å². The maximum atomic E-state index is 12.1. The number of aromatic nitrogens is 2. The lowest BCUT2D eigenvalue weighted by Crippen LogP contribution is -2.28. The highest BCUT2D eigenvalue weighted by Crippen LogP contribution is 2.09. The molecule has 0 saturated carbocycles. The number of benzene rings is 1. The minimum atomic E-state index is -3.82. The minimum absolute atomic E-state index is 0.0602. The van der Waals surface area contributed by atoms with Gasteiger partial charge in [0.2, 0.25) is 0 Å². The van der Waals surface area contributed by atoms with E-state index < -0.39 is 21.3 Å². The van der Waals surface area contributed by atoms with Crippen LogP contribution in [0.2, 0.25) is 0 Å². The van der Waals surface area contributed by atoms with Crippen molar-refractivity contribution in [2.75, 3.05) is 0 Å². The van der Waals surface area contributed by atoms with E-state index >= 15 is 0 Å². The Labute approximate surface area is 126 Å². The van der Waals surface area contributed by atoms with Gasteiger partial charge in [-0.15, -0.1) is 0 Å². The van der Waals surface area contributed by atoms with E-state index in [2.05, 4.69) is 14.9 Å². The van der Waals surface area contributed by atoms with Crippen molar-refractivity contribution in [1.82, 2.24) is 14.8 Å². The topological polar surface area (TPSA) is 124 Å². The maximum Gasteiger partial charge on any atom is 0.325 e. The van der Waals surface area contributed by atoms with Crippen LogP contribution >= 0.6 is 0 Å². The van der Waals surface area contributed by atoms with Gasteiger partial charge in [0.15, 0.2) is 0 Å². The average molecular weight is 322 g/mol. The standard InChI is InChI=1S/C13H14N4O4S/c1-8-3-5-10(6-4-8)22(20,21)17-16-9(2)11-7-14-13(19)15-12(11)18/h3-7,17H,1-2H3,(H2,14,15,18,19)/b16-9+. The highest BCUT2D eigenvalue weighted by Gasteiger charge is 2.13. The average Bonchev–Trinajstić information content (AvgIpc) is 2.45. The molecule has 0 aliphatic heterocycles. The van der Waals surface area contributed by atoms with Crippen molar-refractivity contribution in [2.24, 2.45) is 5.10 Å². The molecule has 2 aromatic rings. The quantitative estimate of drug-likeness (QED) is 0.544. The lowest BCUT2D eigenvalue weighted by atomic mass is 10.2. The Morgan fingerprint density at radius 1 is 1.18 bits per heavy atom. The lowest BCUT2D eigenvalue weighted by Gasteiger charge is -2.05. The van der Waals surface area contributed by atoms with E-state index in [4.69, 9.17) is 0 Å². The molecule has 0 amide bonds. The Hall–Kier alpha value is -2.68. The van der Waals surface area contributed by atoms with Crippen LogP contribution in [-0.2, 0) is 10.0 Å². The monoisotopic (exact) mass is 322 g/mol. The first-order valence-corrected chi connectivity index (χ1v) is 7.73. The Bertz CT molecular complexity index is 924. The van der Waals surface area contributed by atoms with Gasteiger partial charge in [0.1, 0.15) is 0 Å². The number of rotatable bonds is 4. The number of hydrazone groups is 1. The molecule has 0 unspecified atom stereocenters. The van der Waals surface area contributed by atoms with Crippen LogP contribution in [0, 0.1) is 6.92 Å². The summed E-state index contributed by atoms with van der Waals surface area (Å²) in [5.41, 5.74) is -0.195. The summed E-state index contributed by atoms with van der Waals surface area (Å²) in [7, 11) is -3.82. The van der Waals surface area contributed by atoms with Gasteiger partial charge in [-0.2, -0.15) is 18.4 Å². The lowest BCUT2D eigenvalue weighted by molar-refractivity contribution is 0.584. The predicted octanol–water partition coefficient (Wildman–Crippen LogP) is 0.0741. The van der Waals surface area contributed by atoms with Gasteiger partial charge in [0.05, 0.1) is 16.2 Å². The van der Waals surface area contributed by atoms with Gasteiger partial charge in [-0.3, -0.25) is 9.78 Å². The summed E-state index contributed by atoms with van der Waals surface area (Å²) in [5.74, 6) is 0. The number of hydrogen-bond acceptors (Lipinski definition) is 5. The fraction of sp³-hybridized carbons (Fsp3) is 0.154. The van der Waals surface area contributed by atoms with Crippen molar-refractivity contribution in [3.63, 3.8) is 0 Å². The van der Waals surface area contributed by atoms with Gasteiger partial charge in [-0.1, -0.05) is 17.7 Å². The van der Waals surface area contributed by atoms with Crippen molar-refractivity contribution < 1.29 is 8.42 Å². The zero-order valence-electron chi connectivity index (χ0n) is 11.9. The molecule has 116 valence electrons. The third kappa shape index (κ3) is 3.50.